The monoisotopic (exact) mass is 228 g/mol. The predicted octanol–water partition coefficient (Wildman–Crippen LogP) is 3.71. The van der Waals surface area contributed by atoms with Gasteiger partial charge in [0.25, 0.3) is 0 Å². The second kappa shape index (κ2) is 4.53. The van der Waals surface area contributed by atoms with Crippen LogP contribution in [0.3, 0.4) is 0 Å². The zero-order valence-corrected chi connectivity index (χ0v) is 10.4. The Hall–Kier alpha value is -1.28. The summed E-state index contributed by atoms with van der Waals surface area (Å²) in [5, 5.41) is 1.38. The standard InChI is InChI=1S/C15H20N2/c1-12(17-9-5-2-6-10-17)14-11-16-15-8-4-3-7-13(14)15/h3-4,7-8,11-12,16H,2,5-6,9-10H2,1H3/t12-/m1/s1. The van der Waals surface area contributed by atoms with Gasteiger partial charge >= 0.3 is 0 Å². The second-order valence-electron chi connectivity index (χ2n) is 5.06. The van der Waals surface area contributed by atoms with E-state index in [9.17, 15) is 0 Å². The lowest BCUT2D eigenvalue weighted by atomic mass is 10.0. The van der Waals surface area contributed by atoms with Gasteiger partial charge in [-0.1, -0.05) is 24.6 Å². The van der Waals surface area contributed by atoms with Crippen LogP contribution in [0.15, 0.2) is 30.5 Å². The number of hydrogen-bond donors (Lipinski definition) is 1. The number of nitrogens with one attached hydrogen (secondary N) is 1. The molecule has 1 aromatic carbocycles. The van der Waals surface area contributed by atoms with Crippen LogP contribution in [0.5, 0.6) is 0 Å². The van der Waals surface area contributed by atoms with E-state index >= 15 is 0 Å². The number of likely N-dealkylation sites (tertiary alicyclic amines) is 1. The number of nitrogens with zero attached hydrogens (tertiary/aromatic N) is 1. The maximum Gasteiger partial charge on any atom is 0.0457 e. The first-order chi connectivity index (χ1) is 8.36. The molecular formula is C15H20N2. The molecule has 90 valence electrons. The topological polar surface area (TPSA) is 19.0 Å². The highest BCUT2D eigenvalue weighted by Crippen LogP contribution is 2.29. The molecule has 1 fully saturated rings. The summed E-state index contributed by atoms with van der Waals surface area (Å²) in [6.45, 7) is 4.84. The minimum Gasteiger partial charge on any atom is -0.361 e. The average Bonchev–Trinajstić information content (AvgIpc) is 2.83. The maximum atomic E-state index is 3.38. The van der Waals surface area contributed by atoms with E-state index in [0.717, 1.165) is 0 Å². The first-order valence-corrected chi connectivity index (χ1v) is 6.66. The summed E-state index contributed by atoms with van der Waals surface area (Å²) in [5.74, 6) is 0. The lowest BCUT2D eigenvalue weighted by Crippen LogP contribution is -2.32. The molecule has 1 saturated heterocycles. The van der Waals surface area contributed by atoms with Crippen LogP contribution in [-0.2, 0) is 0 Å². The van der Waals surface area contributed by atoms with Crippen LogP contribution < -0.4 is 0 Å². The van der Waals surface area contributed by atoms with Crippen LogP contribution in [0.4, 0.5) is 0 Å². The summed E-state index contributed by atoms with van der Waals surface area (Å²) in [6, 6.07) is 9.13. The molecule has 0 bridgehead atoms. The Balaban J connectivity index is 1.92. The number of para-hydroxylation sites is 1. The summed E-state index contributed by atoms with van der Waals surface area (Å²) in [5.41, 5.74) is 2.70. The van der Waals surface area contributed by atoms with Gasteiger partial charge in [-0.15, -0.1) is 0 Å². The number of hydrogen-bond acceptors (Lipinski definition) is 1. The molecule has 0 aliphatic carbocycles. The molecule has 1 atom stereocenters. The number of aromatic amines is 1. The minimum atomic E-state index is 0.534. The van der Waals surface area contributed by atoms with Crippen molar-refractivity contribution < 1.29 is 0 Å². The Morgan fingerprint density at radius 3 is 2.71 bits per heavy atom. The van der Waals surface area contributed by atoms with Gasteiger partial charge in [-0.25, -0.2) is 0 Å². The van der Waals surface area contributed by atoms with Gasteiger partial charge in [0, 0.05) is 23.1 Å². The zero-order valence-electron chi connectivity index (χ0n) is 10.4. The molecule has 1 aromatic heterocycles. The van der Waals surface area contributed by atoms with Crippen LogP contribution in [0.2, 0.25) is 0 Å². The number of aromatic nitrogens is 1. The third kappa shape index (κ3) is 1.98. The molecule has 2 nitrogen and oxygen atoms in total. The Kier molecular flexibility index (Phi) is 2.89. The van der Waals surface area contributed by atoms with Gasteiger partial charge in [0.1, 0.15) is 0 Å². The number of benzene rings is 1. The summed E-state index contributed by atoms with van der Waals surface area (Å²) in [4.78, 5) is 5.99. The van der Waals surface area contributed by atoms with Crippen molar-refractivity contribution in [3.8, 4) is 0 Å². The summed E-state index contributed by atoms with van der Waals surface area (Å²) in [6.07, 6.45) is 6.29. The van der Waals surface area contributed by atoms with E-state index in [2.05, 4.69) is 47.3 Å². The molecule has 0 unspecified atom stereocenters. The molecule has 2 aromatic rings. The van der Waals surface area contributed by atoms with Crippen LogP contribution in [0.1, 0.15) is 37.8 Å². The summed E-state index contributed by atoms with van der Waals surface area (Å²) < 4.78 is 0. The highest BCUT2D eigenvalue weighted by atomic mass is 15.2. The van der Waals surface area contributed by atoms with Crippen molar-refractivity contribution >= 4 is 10.9 Å². The largest absolute Gasteiger partial charge is 0.361 e. The Bertz CT molecular complexity index is 494. The molecule has 3 rings (SSSR count). The summed E-state index contributed by atoms with van der Waals surface area (Å²) >= 11 is 0. The van der Waals surface area contributed by atoms with Gasteiger partial charge < -0.3 is 4.98 Å². The van der Waals surface area contributed by atoms with Crippen LogP contribution in [0, 0.1) is 0 Å². The van der Waals surface area contributed by atoms with Crippen molar-refractivity contribution in [1.29, 1.82) is 0 Å². The molecule has 0 saturated carbocycles. The fourth-order valence-corrected chi connectivity index (χ4v) is 2.94. The molecule has 17 heavy (non-hydrogen) atoms. The molecule has 1 aliphatic heterocycles. The number of rotatable bonds is 2. The third-order valence-electron chi connectivity index (χ3n) is 4.01. The Morgan fingerprint density at radius 2 is 1.88 bits per heavy atom. The lowest BCUT2D eigenvalue weighted by Gasteiger charge is -2.32. The molecule has 2 heterocycles. The third-order valence-corrected chi connectivity index (χ3v) is 4.01. The van der Waals surface area contributed by atoms with Gasteiger partial charge in [-0.2, -0.15) is 0 Å². The minimum absolute atomic E-state index is 0.534. The molecule has 1 aliphatic rings. The molecular weight excluding hydrogens is 208 g/mol. The predicted molar refractivity (Wildman–Crippen MR) is 72.1 cm³/mol. The number of fused-ring (bicyclic) bond motifs is 1. The van der Waals surface area contributed by atoms with Crippen molar-refractivity contribution in [2.75, 3.05) is 13.1 Å². The van der Waals surface area contributed by atoms with E-state index in [4.69, 9.17) is 0 Å². The van der Waals surface area contributed by atoms with Crippen molar-refractivity contribution in [3.63, 3.8) is 0 Å². The SMILES string of the molecule is C[C@H](c1c[nH]c2ccccc12)N1CCCCC1. The molecule has 1 N–H and O–H groups in total. The van der Waals surface area contributed by atoms with E-state index in [1.54, 1.807) is 0 Å². The van der Waals surface area contributed by atoms with Crippen LogP contribution in [0.25, 0.3) is 10.9 Å². The Morgan fingerprint density at radius 1 is 1.12 bits per heavy atom. The Labute approximate surface area is 103 Å². The van der Waals surface area contributed by atoms with E-state index in [0.29, 0.717) is 6.04 Å². The van der Waals surface area contributed by atoms with E-state index in [1.165, 1.54) is 48.8 Å². The number of piperidine rings is 1. The number of H-pyrrole nitrogens is 1. The fraction of sp³-hybridized carbons (Fsp3) is 0.467. The molecule has 0 spiro atoms. The van der Waals surface area contributed by atoms with Gasteiger partial charge in [-0.05, 0) is 44.5 Å². The summed E-state index contributed by atoms with van der Waals surface area (Å²) in [7, 11) is 0. The van der Waals surface area contributed by atoms with Crippen LogP contribution in [-0.4, -0.2) is 23.0 Å². The van der Waals surface area contributed by atoms with Gasteiger partial charge in [-0.3, -0.25) is 4.90 Å². The fourth-order valence-electron chi connectivity index (χ4n) is 2.94. The molecule has 0 radical (unpaired) electrons. The first kappa shape index (κ1) is 10.8. The van der Waals surface area contributed by atoms with E-state index in [-0.39, 0.29) is 0 Å². The lowest BCUT2D eigenvalue weighted by molar-refractivity contribution is 0.176. The highest BCUT2D eigenvalue weighted by molar-refractivity contribution is 5.83. The molecule has 0 amide bonds. The quantitative estimate of drug-likeness (QED) is 0.830. The first-order valence-electron chi connectivity index (χ1n) is 6.66. The highest BCUT2D eigenvalue weighted by Gasteiger charge is 2.20. The van der Waals surface area contributed by atoms with E-state index in [1.807, 2.05) is 0 Å². The average molecular weight is 228 g/mol. The van der Waals surface area contributed by atoms with Crippen LogP contribution >= 0.6 is 0 Å². The zero-order chi connectivity index (χ0) is 11.7. The van der Waals surface area contributed by atoms with E-state index < -0.39 is 0 Å². The van der Waals surface area contributed by atoms with Crippen molar-refractivity contribution in [2.45, 2.75) is 32.2 Å². The second-order valence-corrected chi connectivity index (χ2v) is 5.06. The van der Waals surface area contributed by atoms with Gasteiger partial charge in [0.15, 0.2) is 0 Å². The van der Waals surface area contributed by atoms with Gasteiger partial charge in [0.05, 0.1) is 0 Å². The smallest absolute Gasteiger partial charge is 0.0457 e. The van der Waals surface area contributed by atoms with Crippen molar-refractivity contribution in [2.24, 2.45) is 0 Å². The van der Waals surface area contributed by atoms with Crippen molar-refractivity contribution in [1.82, 2.24) is 9.88 Å². The maximum absolute atomic E-state index is 3.38. The molecule has 2 heteroatoms. The normalized spacial score (nSPS) is 19.6. The van der Waals surface area contributed by atoms with Crippen molar-refractivity contribution in [3.05, 3.63) is 36.0 Å². The van der Waals surface area contributed by atoms with Gasteiger partial charge in [0.2, 0.25) is 0 Å².